The van der Waals surface area contributed by atoms with Gasteiger partial charge in [-0.1, -0.05) is 0 Å². The van der Waals surface area contributed by atoms with E-state index in [-0.39, 0.29) is 18.9 Å². The fourth-order valence-electron chi connectivity index (χ4n) is 3.03. The summed E-state index contributed by atoms with van der Waals surface area (Å²) in [6.45, 7) is 3.58. The average Bonchev–Trinajstić information content (AvgIpc) is 3.17. The molecule has 10 nitrogen and oxygen atoms in total. The Morgan fingerprint density at radius 3 is 2.79 bits per heavy atom. The zero-order chi connectivity index (χ0) is 20.3. The molecular formula is C18H21N3O7. The van der Waals surface area contributed by atoms with Crippen molar-refractivity contribution in [1.29, 1.82) is 0 Å². The number of amides is 1. The first-order valence-electron chi connectivity index (χ1n) is 8.80. The molecule has 0 aliphatic carbocycles. The normalized spacial score (nSPS) is 13.7. The summed E-state index contributed by atoms with van der Waals surface area (Å²) in [6, 6.07) is 3.44. The van der Waals surface area contributed by atoms with Crippen molar-refractivity contribution in [2.24, 2.45) is 0 Å². The molecule has 0 spiro atoms. The lowest BCUT2D eigenvalue weighted by atomic mass is 10.2. The van der Waals surface area contributed by atoms with Crippen molar-refractivity contribution in [3.05, 3.63) is 51.8 Å². The largest absolute Gasteiger partial charge is 0.502 e. The number of rotatable bonds is 8. The molecule has 2 N–H and O–H groups in total. The molecule has 0 bridgehead atoms. The molecular weight excluding hydrogens is 370 g/mol. The molecule has 1 aliphatic rings. The topological polar surface area (TPSA) is 125 Å². The number of aromatic carboxylic acids is 1. The van der Waals surface area contributed by atoms with E-state index in [0.717, 1.165) is 6.20 Å². The van der Waals surface area contributed by atoms with Crippen LogP contribution in [0.4, 0.5) is 0 Å². The Kier molecular flexibility index (Phi) is 5.69. The van der Waals surface area contributed by atoms with Gasteiger partial charge in [0.05, 0.1) is 12.8 Å². The van der Waals surface area contributed by atoms with Crippen LogP contribution in [0.15, 0.2) is 33.8 Å². The van der Waals surface area contributed by atoms with Gasteiger partial charge >= 0.3 is 5.97 Å². The summed E-state index contributed by atoms with van der Waals surface area (Å²) in [6.07, 6.45) is 3.13. The molecule has 0 aromatic carbocycles. The van der Waals surface area contributed by atoms with Crippen LogP contribution in [0.3, 0.4) is 0 Å². The molecule has 0 saturated heterocycles. The third-order valence-electron chi connectivity index (χ3n) is 4.36. The van der Waals surface area contributed by atoms with Gasteiger partial charge in [0.1, 0.15) is 18.0 Å². The van der Waals surface area contributed by atoms with Crippen LogP contribution in [0.5, 0.6) is 5.75 Å². The van der Waals surface area contributed by atoms with Crippen LogP contribution in [0.2, 0.25) is 0 Å². The number of nitrogens with zero attached hydrogens (tertiary/aromatic N) is 3. The molecule has 3 heterocycles. The zero-order valence-electron chi connectivity index (χ0n) is 15.3. The number of carbonyl (C=O) groups is 2. The minimum Gasteiger partial charge on any atom is -0.502 e. The van der Waals surface area contributed by atoms with E-state index in [1.807, 2.05) is 6.92 Å². The standard InChI is InChI=1S/C18H21N3O7/c1-2-27-7-4-6-19-11-20(9-12-5-3-8-28-12)21-10-13(18(25)26)15(22)16(23)14(21)17(19)24/h3,5,8,10,23H,2,4,6-7,9,11H2,1H3,(H,25,26). The highest BCUT2D eigenvalue weighted by Gasteiger charge is 2.34. The predicted octanol–water partition coefficient (Wildman–Crippen LogP) is 0.823. The van der Waals surface area contributed by atoms with Crippen LogP contribution in [0.1, 0.15) is 40.0 Å². The first kappa shape index (κ1) is 19.5. The summed E-state index contributed by atoms with van der Waals surface area (Å²) in [7, 11) is 0. The number of aromatic nitrogens is 1. The molecule has 10 heteroatoms. The number of aromatic hydroxyl groups is 1. The molecule has 1 aliphatic heterocycles. The van der Waals surface area contributed by atoms with E-state index in [9.17, 15) is 24.6 Å². The molecule has 0 saturated carbocycles. The minimum absolute atomic E-state index is 0.125. The second-order valence-electron chi connectivity index (χ2n) is 6.22. The van der Waals surface area contributed by atoms with E-state index in [4.69, 9.17) is 9.15 Å². The van der Waals surface area contributed by atoms with Gasteiger partial charge in [-0.25, -0.2) is 4.79 Å². The molecule has 1 amide bonds. The van der Waals surface area contributed by atoms with Gasteiger partial charge in [0.2, 0.25) is 5.43 Å². The molecule has 0 fully saturated rings. The van der Waals surface area contributed by atoms with Crippen molar-refractivity contribution in [3.63, 3.8) is 0 Å². The predicted molar refractivity (Wildman–Crippen MR) is 97.0 cm³/mol. The lowest BCUT2D eigenvalue weighted by Crippen LogP contribution is -2.54. The quantitative estimate of drug-likeness (QED) is 0.634. The Morgan fingerprint density at radius 1 is 1.36 bits per heavy atom. The van der Waals surface area contributed by atoms with Crippen LogP contribution >= 0.6 is 0 Å². The number of hydrogen-bond acceptors (Lipinski definition) is 7. The van der Waals surface area contributed by atoms with Gasteiger partial charge in [0.15, 0.2) is 11.4 Å². The highest BCUT2D eigenvalue weighted by molar-refractivity contribution is 5.97. The third-order valence-corrected chi connectivity index (χ3v) is 4.36. The highest BCUT2D eigenvalue weighted by Crippen LogP contribution is 2.22. The SMILES string of the molecule is CCOCCCN1CN(Cc2ccco2)n2cc(C(=O)O)c(=O)c(O)c2C1=O. The molecule has 150 valence electrons. The maximum Gasteiger partial charge on any atom is 0.341 e. The van der Waals surface area contributed by atoms with Crippen LogP contribution in [-0.4, -0.2) is 58.1 Å². The Labute approximate surface area is 160 Å². The monoisotopic (exact) mass is 391 g/mol. The van der Waals surface area contributed by atoms with Gasteiger partial charge in [-0.05, 0) is 25.5 Å². The van der Waals surface area contributed by atoms with Gasteiger partial charge in [0, 0.05) is 26.0 Å². The number of furan rings is 1. The van der Waals surface area contributed by atoms with Crippen molar-refractivity contribution in [2.45, 2.75) is 19.9 Å². The maximum atomic E-state index is 12.9. The van der Waals surface area contributed by atoms with Crippen molar-refractivity contribution in [2.75, 3.05) is 31.4 Å². The van der Waals surface area contributed by atoms with Crippen molar-refractivity contribution < 1.29 is 29.0 Å². The summed E-state index contributed by atoms with van der Waals surface area (Å²) >= 11 is 0. The summed E-state index contributed by atoms with van der Waals surface area (Å²) in [5.41, 5.74) is -1.99. The van der Waals surface area contributed by atoms with E-state index in [1.54, 1.807) is 17.1 Å². The number of carboxylic acids is 1. The van der Waals surface area contributed by atoms with Crippen LogP contribution < -0.4 is 10.4 Å². The van der Waals surface area contributed by atoms with Crippen LogP contribution in [0, 0.1) is 0 Å². The van der Waals surface area contributed by atoms with Gasteiger partial charge in [-0.15, -0.1) is 0 Å². The second kappa shape index (κ2) is 8.17. The lowest BCUT2D eigenvalue weighted by Gasteiger charge is -2.39. The first-order valence-corrected chi connectivity index (χ1v) is 8.80. The van der Waals surface area contributed by atoms with E-state index in [2.05, 4.69) is 0 Å². The molecule has 0 unspecified atom stereocenters. The van der Waals surface area contributed by atoms with Crippen molar-refractivity contribution in [3.8, 4) is 5.75 Å². The first-order chi connectivity index (χ1) is 13.4. The molecule has 2 aromatic heterocycles. The van der Waals surface area contributed by atoms with Crippen molar-refractivity contribution in [1.82, 2.24) is 9.58 Å². The van der Waals surface area contributed by atoms with Crippen LogP contribution in [0.25, 0.3) is 0 Å². The fourth-order valence-corrected chi connectivity index (χ4v) is 3.03. The minimum atomic E-state index is -1.49. The Balaban J connectivity index is 2.00. The highest BCUT2D eigenvalue weighted by atomic mass is 16.5. The summed E-state index contributed by atoms with van der Waals surface area (Å²) < 4.78 is 11.8. The average molecular weight is 391 g/mol. The Bertz CT molecular complexity index is 920. The Hall–Kier alpha value is -3.27. The Morgan fingerprint density at radius 2 is 2.14 bits per heavy atom. The van der Waals surface area contributed by atoms with Gasteiger partial charge < -0.3 is 24.3 Å². The number of pyridine rings is 1. The number of ether oxygens (including phenoxy) is 1. The molecule has 3 rings (SSSR count). The number of carboxylic acid groups (broad SMARTS) is 1. The smallest absolute Gasteiger partial charge is 0.341 e. The van der Waals surface area contributed by atoms with E-state index < -0.39 is 28.6 Å². The van der Waals surface area contributed by atoms with Crippen LogP contribution in [-0.2, 0) is 11.3 Å². The zero-order valence-corrected chi connectivity index (χ0v) is 15.3. The van der Waals surface area contributed by atoms with Gasteiger partial charge in [-0.3, -0.25) is 19.3 Å². The fraction of sp³-hybridized carbons (Fsp3) is 0.389. The summed E-state index contributed by atoms with van der Waals surface area (Å²) in [5, 5.41) is 21.2. The number of hydrogen-bond donors (Lipinski definition) is 2. The maximum absolute atomic E-state index is 12.9. The molecule has 0 radical (unpaired) electrons. The molecule has 0 atom stereocenters. The molecule has 2 aromatic rings. The van der Waals surface area contributed by atoms with Crippen molar-refractivity contribution >= 4 is 11.9 Å². The third kappa shape index (κ3) is 3.72. The van der Waals surface area contributed by atoms with E-state index in [1.165, 1.54) is 15.8 Å². The number of fused-ring (bicyclic) bond motifs is 1. The van der Waals surface area contributed by atoms with E-state index in [0.29, 0.717) is 31.9 Å². The van der Waals surface area contributed by atoms with Gasteiger partial charge in [0.25, 0.3) is 5.91 Å². The lowest BCUT2D eigenvalue weighted by molar-refractivity contribution is 0.0639. The summed E-state index contributed by atoms with van der Waals surface area (Å²) in [4.78, 5) is 37.9. The van der Waals surface area contributed by atoms with E-state index >= 15 is 0 Å². The molecule has 28 heavy (non-hydrogen) atoms. The summed E-state index contributed by atoms with van der Waals surface area (Å²) in [5.74, 6) is -2.35. The second-order valence-corrected chi connectivity index (χ2v) is 6.22. The number of carbonyl (C=O) groups excluding carboxylic acids is 1. The van der Waals surface area contributed by atoms with Gasteiger partial charge in [-0.2, -0.15) is 0 Å².